The minimum atomic E-state index is -0.722. The van der Waals surface area contributed by atoms with E-state index in [2.05, 4.69) is 0 Å². The average Bonchev–Trinajstić information content (AvgIpc) is 2.98. The predicted molar refractivity (Wildman–Crippen MR) is 110 cm³/mol. The van der Waals surface area contributed by atoms with Gasteiger partial charge in [0.25, 0.3) is 0 Å². The van der Waals surface area contributed by atoms with Gasteiger partial charge in [0.15, 0.2) is 5.78 Å². The van der Waals surface area contributed by atoms with Crippen molar-refractivity contribution in [2.24, 2.45) is 11.8 Å². The van der Waals surface area contributed by atoms with E-state index in [9.17, 15) is 19.2 Å². The van der Waals surface area contributed by atoms with E-state index in [1.54, 1.807) is 0 Å². The van der Waals surface area contributed by atoms with E-state index in [-0.39, 0.29) is 30.3 Å². The van der Waals surface area contributed by atoms with Crippen molar-refractivity contribution in [1.82, 2.24) is 14.7 Å². The highest BCUT2D eigenvalue weighted by atomic mass is 16.2. The van der Waals surface area contributed by atoms with E-state index >= 15 is 0 Å². The van der Waals surface area contributed by atoms with Crippen LogP contribution in [0.2, 0.25) is 0 Å². The van der Waals surface area contributed by atoms with Gasteiger partial charge in [-0.1, -0.05) is 50.1 Å². The van der Waals surface area contributed by atoms with Crippen molar-refractivity contribution in [3.63, 3.8) is 0 Å². The molecule has 0 unspecified atom stereocenters. The summed E-state index contributed by atoms with van der Waals surface area (Å²) in [4.78, 5) is 55.0. The maximum Gasteiger partial charge on any atom is 0.335 e. The summed E-state index contributed by atoms with van der Waals surface area (Å²) in [5.74, 6) is -1.08. The first-order valence-corrected chi connectivity index (χ1v) is 11.0. The third kappa shape index (κ3) is 3.90. The van der Waals surface area contributed by atoms with Crippen molar-refractivity contribution in [3.05, 3.63) is 35.9 Å². The Morgan fingerprint density at radius 1 is 0.933 bits per heavy atom. The molecule has 2 atom stereocenters. The molecule has 0 bridgehead atoms. The summed E-state index contributed by atoms with van der Waals surface area (Å²) < 4.78 is 0. The molecule has 4 amide bonds. The van der Waals surface area contributed by atoms with E-state index in [4.69, 9.17) is 0 Å². The molecule has 2 aliphatic heterocycles. The number of ketones is 1. The molecule has 2 heterocycles. The molecule has 3 aliphatic rings. The molecule has 160 valence electrons. The summed E-state index contributed by atoms with van der Waals surface area (Å²) >= 11 is 0. The second-order valence-electron chi connectivity index (χ2n) is 8.78. The number of piperidine rings is 1. The van der Waals surface area contributed by atoms with E-state index in [0.29, 0.717) is 25.9 Å². The minimum absolute atomic E-state index is 0.0464. The number of amides is 4. The zero-order valence-electron chi connectivity index (χ0n) is 17.5. The Morgan fingerprint density at radius 2 is 1.60 bits per heavy atom. The second kappa shape index (κ2) is 8.68. The summed E-state index contributed by atoms with van der Waals surface area (Å²) in [6.45, 7) is 3.40. The van der Waals surface area contributed by atoms with Crippen LogP contribution in [0.4, 0.5) is 4.79 Å². The molecule has 0 N–H and O–H groups in total. The fourth-order valence-electron chi connectivity index (χ4n) is 4.99. The van der Waals surface area contributed by atoms with Gasteiger partial charge in [-0.2, -0.15) is 0 Å². The van der Waals surface area contributed by atoms with Gasteiger partial charge in [0, 0.05) is 30.6 Å². The van der Waals surface area contributed by atoms with Crippen molar-refractivity contribution in [1.29, 1.82) is 0 Å². The standard InChI is InChI=1S/C23H29N3O4/c1-16-7-5-6-10-19(16)26-22(29)21(28)25(23(26)30)15-24-13-11-18(12-14-24)20(27)17-8-3-2-4-9-17/h2-4,8-9,16,18-19H,5-7,10-15H2,1H3/t16-,19-/m1/s1. The molecule has 7 heteroatoms. The molecule has 7 nitrogen and oxygen atoms in total. The third-order valence-corrected chi connectivity index (χ3v) is 6.84. The molecule has 1 aromatic rings. The molecular weight excluding hydrogens is 382 g/mol. The number of carbonyl (C=O) groups excluding carboxylic acids is 4. The molecule has 0 radical (unpaired) electrons. The molecular formula is C23H29N3O4. The van der Waals surface area contributed by atoms with Crippen molar-refractivity contribution < 1.29 is 19.2 Å². The van der Waals surface area contributed by atoms with Crippen LogP contribution in [0, 0.1) is 11.8 Å². The first-order chi connectivity index (χ1) is 14.5. The van der Waals surface area contributed by atoms with Gasteiger partial charge < -0.3 is 0 Å². The zero-order chi connectivity index (χ0) is 21.3. The maximum absolute atomic E-state index is 12.9. The number of urea groups is 1. The average molecular weight is 412 g/mol. The number of Topliss-reactive ketones (excluding diaryl/α,β-unsaturated/α-hetero) is 1. The lowest BCUT2D eigenvalue weighted by Crippen LogP contribution is -2.48. The lowest BCUT2D eigenvalue weighted by atomic mass is 9.85. The molecule has 2 saturated heterocycles. The summed E-state index contributed by atoms with van der Waals surface area (Å²) in [5, 5.41) is 0. The lowest BCUT2D eigenvalue weighted by molar-refractivity contribution is -0.145. The van der Waals surface area contributed by atoms with Gasteiger partial charge >= 0.3 is 17.8 Å². The van der Waals surface area contributed by atoms with Crippen LogP contribution in [0.1, 0.15) is 55.8 Å². The fourth-order valence-corrected chi connectivity index (χ4v) is 4.99. The maximum atomic E-state index is 12.9. The smallest absolute Gasteiger partial charge is 0.294 e. The first kappa shape index (κ1) is 20.7. The molecule has 1 saturated carbocycles. The molecule has 3 fully saturated rings. The van der Waals surface area contributed by atoms with Gasteiger partial charge in [-0.15, -0.1) is 0 Å². The summed E-state index contributed by atoms with van der Waals surface area (Å²) in [7, 11) is 0. The number of hydrogen-bond donors (Lipinski definition) is 0. The molecule has 0 spiro atoms. The van der Waals surface area contributed by atoms with Gasteiger partial charge in [0.05, 0.1) is 6.67 Å². The highest BCUT2D eigenvalue weighted by Gasteiger charge is 2.49. The number of imide groups is 2. The van der Waals surface area contributed by atoms with Gasteiger partial charge in [-0.3, -0.25) is 24.2 Å². The van der Waals surface area contributed by atoms with Gasteiger partial charge in [0.2, 0.25) is 0 Å². The highest BCUT2D eigenvalue weighted by molar-refractivity contribution is 6.44. The van der Waals surface area contributed by atoms with E-state index in [1.807, 2.05) is 42.2 Å². The summed E-state index contributed by atoms with van der Waals surface area (Å²) in [6.07, 6.45) is 5.18. The van der Waals surface area contributed by atoms with Gasteiger partial charge in [-0.25, -0.2) is 9.69 Å². The van der Waals surface area contributed by atoms with Gasteiger partial charge in [0.1, 0.15) is 0 Å². The largest absolute Gasteiger partial charge is 0.335 e. The Morgan fingerprint density at radius 3 is 2.27 bits per heavy atom. The fraction of sp³-hybridized carbons (Fsp3) is 0.565. The van der Waals surface area contributed by atoms with Crippen molar-refractivity contribution in [2.45, 2.75) is 51.5 Å². The third-order valence-electron chi connectivity index (χ3n) is 6.84. The van der Waals surface area contributed by atoms with Crippen molar-refractivity contribution in [2.75, 3.05) is 19.8 Å². The van der Waals surface area contributed by atoms with Crippen LogP contribution in [0.15, 0.2) is 30.3 Å². The van der Waals surface area contributed by atoms with Crippen LogP contribution < -0.4 is 0 Å². The Balaban J connectivity index is 1.36. The van der Waals surface area contributed by atoms with Crippen LogP contribution in [0.5, 0.6) is 0 Å². The summed E-state index contributed by atoms with van der Waals surface area (Å²) in [5.41, 5.74) is 0.726. The summed E-state index contributed by atoms with van der Waals surface area (Å²) in [6, 6.07) is 8.63. The van der Waals surface area contributed by atoms with Gasteiger partial charge in [-0.05, 0) is 31.6 Å². The van der Waals surface area contributed by atoms with E-state index in [0.717, 1.165) is 36.1 Å². The van der Waals surface area contributed by atoms with Crippen molar-refractivity contribution in [3.8, 4) is 0 Å². The Labute approximate surface area is 177 Å². The molecule has 1 aliphatic carbocycles. The van der Waals surface area contributed by atoms with Crippen molar-refractivity contribution >= 4 is 23.6 Å². The number of likely N-dealkylation sites (tertiary alicyclic amines) is 1. The molecule has 30 heavy (non-hydrogen) atoms. The first-order valence-electron chi connectivity index (χ1n) is 11.0. The minimum Gasteiger partial charge on any atom is -0.294 e. The highest BCUT2D eigenvalue weighted by Crippen LogP contribution is 2.31. The molecule has 1 aromatic carbocycles. The molecule has 4 rings (SSSR count). The van der Waals surface area contributed by atoms with Crippen LogP contribution in [0.3, 0.4) is 0 Å². The lowest BCUT2D eigenvalue weighted by Gasteiger charge is -2.35. The number of nitrogens with zero attached hydrogens (tertiary/aromatic N) is 3. The second-order valence-corrected chi connectivity index (χ2v) is 8.78. The van der Waals surface area contributed by atoms with E-state index < -0.39 is 17.8 Å². The normalized spacial score (nSPS) is 26.5. The zero-order valence-corrected chi connectivity index (χ0v) is 17.5. The number of hydrogen-bond acceptors (Lipinski definition) is 5. The van der Waals surface area contributed by atoms with Crippen LogP contribution in [-0.2, 0) is 9.59 Å². The Bertz CT molecular complexity index is 832. The van der Waals surface area contributed by atoms with E-state index in [1.165, 1.54) is 4.90 Å². The van der Waals surface area contributed by atoms with Crippen LogP contribution in [0.25, 0.3) is 0 Å². The Hall–Kier alpha value is -2.54. The molecule has 0 aromatic heterocycles. The number of carbonyl (C=O) groups is 4. The number of benzene rings is 1. The number of rotatable bonds is 5. The SMILES string of the molecule is C[C@@H]1CCCC[C@H]1N1C(=O)C(=O)N(CN2CCC(C(=O)c3ccccc3)CC2)C1=O. The predicted octanol–water partition coefficient (Wildman–Crippen LogP) is 2.91. The quantitative estimate of drug-likeness (QED) is 0.423. The topological polar surface area (TPSA) is 78.0 Å². The van der Waals surface area contributed by atoms with Crippen LogP contribution in [-0.4, -0.2) is 64.1 Å². The van der Waals surface area contributed by atoms with Crippen LogP contribution >= 0.6 is 0 Å². The monoisotopic (exact) mass is 411 g/mol. The Kier molecular flexibility index (Phi) is 5.99.